The van der Waals surface area contributed by atoms with Gasteiger partial charge in [0.1, 0.15) is 0 Å². The number of hydrogen-bond acceptors (Lipinski definition) is 3. The fourth-order valence-corrected chi connectivity index (χ4v) is 4.24. The summed E-state index contributed by atoms with van der Waals surface area (Å²) in [6.07, 6.45) is 0. The van der Waals surface area contributed by atoms with Crippen LogP contribution in [0.15, 0.2) is 47.5 Å². The molecule has 3 aromatic rings. The van der Waals surface area contributed by atoms with Crippen LogP contribution in [0, 0.1) is 0 Å². The van der Waals surface area contributed by atoms with Crippen molar-refractivity contribution in [3.8, 4) is 0 Å². The lowest BCUT2D eigenvalue weighted by Gasteiger charge is -2.18. The lowest BCUT2D eigenvalue weighted by Crippen LogP contribution is -2.19. The van der Waals surface area contributed by atoms with Gasteiger partial charge in [0, 0.05) is 23.7 Å². The lowest BCUT2D eigenvalue weighted by molar-refractivity contribution is 0.0996. The molecular weight excluding hydrogens is 392 g/mol. The number of benzene rings is 2. The molecule has 4 nitrogen and oxygen atoms in total. The van der Waals surface area contributed by atoms with Crippen LogP contribution in [-0.4, -0.2) is 23.7 Å². The normalized spacial score (nSPS) is 12.7. The average Bonchev–Trinajstić information content (AvgIpc) is 2.97. The molecule has 28 heavy (non-hydrogen) atoms. The van der Waals surface area contributed by atoms with E-state index in [4.69, 9.17) is 16.3 Å². The van der Waals surface area contributed by atoms with E-state index in [0.29, 0.717) is 35.1 Å². The van der Waals surface area contributed by atoms with Crippen LogP contribution in [0.5, 0.6) is 0 Å². The first kappa shape index (κ1) is 20.8. The summed E-state index contributed by atoms with van der Waals surface area (Å²) in [6.45, 7) is 10.3. The fourth-order valence-electron chi connectivity index (χ4n) is 2.91. The second-order valence-electron chi connectivity index (χ2n) is 7.59. The van der Waals surface area contributed by atoms with E-state index in [-0.39, 0.29) is 11.3 Å². The summed E-state index contributed by atoms with van der Waals surface area (Å²) in [4.78, 5) is 17.8. The summed E-state index contributed by atoms with van der Waals surface area (Å²) in [6, 6.07) is 13.4. The molecule has 0 N–H and O–H groups in total. The highest BCUT2D eigenvalue weighted by atomic mass is 35.5. The Labute approximate surface area is 174 Å². The van der Waals surface area contributed by atoms with Crippen molar-refractivity contribution in [3.63, 3.8) is 0 Å². The SMILES string of the molecule is CCOCCn1c(=NC(=O)c2ccc(C(C)(C)C)cc2)sc2cc(Cl)ccc21. The molecule has 1 amide bonds. The number of amides is 1. The molecule has 148 valence electrons. The largest absolute Gasteiger partial charge is 0.380 e. The Morgan fingerprint density at radius 3 is 2.54 bits per heavy atom. The number of thiazole rings is 1. The summed E-state index contributed by atoms with van der Waals surface area (Å²) in [5.41, 5.74) is 2.82. The molecule has 0 radical (unpaired) electrons. The predicted molar refractivity (Wildman–Crippen MR) is 116 cm³/mol. The first-order valence-electron chi connectivity index (χ1n) is 9.36. The van der Waals surface area contributed by atoms with Gasteiger partial charge in [0.25, 0.3) is 5.91 Å². The van der Waals surface area contributed by atoms with E-state index in [1.165, 1.54) is 16.9 Å². The molecule has 0 unspecified atom stereocenters. The molecule has 0 spiro atoms. The molecule has 0 fully saturated rings. The Kier molecular flexibility index (Phi) is 6.38. The van der Waals surface area contributed by atoms with E-state index in [1.807, 2.05) is 54.0 Å². The van der Waals surface area contributed by atoms with Crippen molar-refractivity contribution in [2.75, 3.05) is 13.2 Å². The van der Waals surface area contributed by atoms with Crippen LogP contribution in [0.25, 0.3) is 10.2 Å². The number of nitrogens with zero attached hydrogens (tertiary/aromatic N) is 2. The second kappa shape index (κ2) is 8.60. The minimum absolute atomic E-state index is 0.0474. The van der Waals surface area contributed by atoms with Gasteiger partial charge in [-0.3, -0.25) is 4.79 Å². The highest BCUT2D eigenvalue weighted by molar-refractivity contribution is 7.16. The summed E-state index contributed by atoms with van der Waals surface area (Å²) < 4.78 is 8.52. The molecule has 0 aliphatic carbocycles. The molecule has 0 atom stereocenters. The predicted octanol–water partition coefficient (Wildman–Crippen LogP) is 5.43. The molecule has 0 bridgehead atoms. The third kappa shape index (κ3) is 4.72. The van der Waals surface area contributed by atoms with Gasteiger partial charge < -0.3 is 9.30 Å². The molecule has 0 aliphatic rings. The second-order valence-corrected chi connectivity index (χ2v) is 9.04. The number of fused-ring (bicyclic) bond motifs is 1. The van der Waals surface area contributed by atoms with Crippen molar-refractivity contribution in [1.29, 1.82) is 0 Å². The van der Waals surface area contributed by atoms with Gasteiger partial charge in [0.15, 0.2) is 4.80 Å². The lowest BCUT2D eigenvalue weighted by atomic mass is 9.87. The molecule has 0 saturated carbocycles. The number of aromatic nitrogens is 1. The molecule has 1 heterocycles. The Morgan fingerprint density at radius 1 is 1.18 bits per heavy atom. The minimum Gasteiger partial charge on any atom is -0.380 e. The number of rotatable bonds is 5. The molecule has 3 rings (SSSR count). The number of ether oxygens (including phenoxy) is 1. The van der Waals surface area contributed by atoms with Gasteiger partial charge in [-0.25, -0.2) is 0 Å². The first-order valence-corrected chi connectivity index (χ1v) is 10.6. The van der Waals surface area contributed by atoms with Crippen molar-refractivity contribution < 1.29 is 9.53 Å². The fraction of sp³-hybridized carbons (Fsp3) is 0.364. The summed E-state index contributed by atoms with van der Waals surface area (Å²) in [5.74, 6) is -0.247. The van der Waals surface area contributed by atoms with Gasteiger partial charge in [0.2, 0.25) is 0 Å². The van der Waals surface area contributed by atoms with Crippen LogP contribution in [-0.2, 0) is 16.7 Å². The summed E-state index contributed by atoms with van der Waals surface area (Å²) >= 11 is 7.60. The molecule has 6 heteroatoms. The van der Waals surface area contributed by atoms with Crippen molar-refractivity contribution in [1.82, 2.24) is 4.57 Å². The van der Waals surface area contributed by atoms with Crippen LogP contribution in [0.3, 0.4) is 0 Å². The zero-order chi connectivity index (χ0) is 20.3. The van der Waals surface area contributed by atoms with Crippen LogP contribution in [0.4, 0.5) is 0 Å². The van der Waals surface area contributed by atoms with Crippen LogP contribution in [0.2, 0.25) is 5.02 Å². The van der Waals surface area contributed by atoms with Crippen LogP contribution < -0.4 is 4.80 Å². The monoisotopic (exact) mass is 416 g/mol. The molecule has 2 aromatic carbocycles. The van der Waals surface area contributed by atoms with Gasteiger partial charge in [-0.05, 0) is 48.2 Å². The van der Waals surface area contributed by atoms with E-state index < -0.39 is 0 Å². The van der Waals surface area contributed by atoms with Gasteiger partial charge in [-0.1, -0.05) is 55.8 Å². The van der Waals surface area contributed by atoms with E-state index in [0.717, 1.165) is 10.2 Å². The maximum atomic E-state index is 12.8. The molecular formula is C22H25ClN2O2S. The Balaban J connectivity index is 1.99. The zero-order valence-electron chi connectivity index (χ0n) is 16.7. The number of carbonyl (C=O) groups excluding carboxylic acids is 1. The third-order valence-corrected chi connectivity index (χ3v) is 5.78. The average molecular weight is 417 g/mol. The van der Waals surface area contributed by atoms with Gasteiger partial charge in [-0.2, -0.15) is 4.99 Å². The standard InChI is InChI=1S/C22H25ClN2O2S/c1-5-27-13-12-25-18-11-10-17(23)14-19(18)28-21(25)24-20(26)15-6-8-16(9-7-15)22(2,3)4/h6-11,14H,5,12-13H2,1-4H3. The summed E-state index contributed by atoms with van der Waals surface area (Å²) in [5, 5.41) is 0.668. The van der Waals surface area contributed by atoms with Crippen molar-refractivity contribution in [2.45, 2.75) is 39.7 Å². The number of hydrogen-bond donors (Lipinski definition) is 0. The number of halogens is 1. The Bertz CT molecular complexity index is 1040. The van der Waals surface area contributed by atoms with E-state index >= 15 is 0 Å². The van der Waals surface area contributed by atoms with E-state index in [9.17, 15) is 4.79 Å². The van der Waals surface area contributed by atoms with E-state index in [1.54, 1.807) is 0 Å². The minimum atomic E-state index is -0.247. The maximum Gasteiger partial charge on any atom is 0.279 e. The van der Waals surface area contributed by atoms with Gasteiger partial charge in [-0.15, -0.1) is 0 Å². The highest BCUT2D eigenvalue weighted by Crippen LogP contribution is 2.23. The van der Waals surface area contributed by atoms with Crippen LogP contribution >= 0.6 is 22.9 Å². The molecule has 0 saturated heterocycles. The Hall–Kier alpha value is -1.95. The Morgan fingerprint density at radius 2 is 1.89 bits per heavy atom. The van der Waals surface area contributed by atoms with E-state index in [2.05, 4.69) is 25.8 Å². The topological polar surface area (TPSA) is 43.6 Å². The number of carbonyl (C=O) groups is 1. The van der Waals surface area contributed by atoms with Crippen LogP contribution in [0.1, 0.15) is 43.6 Å². The maximum absolute atomic E-state index is 12.8. The van der Waals surface area contributed by atoms with Crippen molar-refractivity contribution >= 4 is 39.1 Å². The summed E-state index contributed by atoms with van der Waals surface area (Å²) in [7, 11) is 0. The third-order valence-electron chi connectivity index (χ3n) is 4.50. The highest BCUT2D eigenvalue weighted by Gasteiger charge is 2.15. The first-order chi connectivity index (χ1) is 13.3. The smallest absolute Gasteiger partial charge is 0.279 e. The van der Waals surface area contributed by atoms with Crippen molar-refractivity contribution in [2.24, 2.45) is 4.99 Å². The molecule has 0 aliphatic heterocycles. The van der Waals surface area contributed by atoms with Gasteiger partial charge >= 0.3 is 0 Å². The zero-order valence-corrected chi connectivity index (χ0v) is 18.2. The van der Waals surface area contributed by atoms with Crippen molar-refractivity contribution in [3.05, 3.63) is 63.4 Å². The van der Waals surface area contributed by atoms with Gasteiger partial charge in [0.05, 0.1) is 16.8 Å². The quantitative estimate of drug-likeness (QED) is 0.520. The molecule has 1 aromatic heterocycles.